The third-order valence-electron chi connectivity index (χ3n) is 3.48. The average Bonchev–Trinajstić information content (AvgIpc) is 3.00. The highest BCUT2D eigenvalue weighted by atomic mass is 79.9. The molecule has 0 bridgehead atoms. The van der Waals surface area contributed by atoms with Gasteiger partial charge in [-0.05, 0) is 46.3 Å². The molecule has 0 unspecified atom stereocenters. The summed E-state index contributed by atoms with van der Waals surface area (Å²) >= 11 is 3.43. The van der Waals surface area contributed by atoms with Gasteiger partial charge < -0.3 is 9.73 Å². The van der Waals surface area contributed by atoms with Crippen molar-refractivity contribution in [1.82, 2.24) is 15.3 Å². The summed E-state index contributed by atoms with van der Waals surface area (Å²) in [6.45, 7) is 0.880. The molecule has 0 radical (unpaired) electrons. The summed E-state index contributed by atoms with van der Waals surface area (Å²) in [6.07, 6.45) is 2.74. The second kappa shape index (κ2) is 7.00. The largest absolute Gasteiger partial charge is 0.460 e. The molecule has 0 aliphatic carbocycles. The minimum Gasteiger partial charge on any atom is -0.460 e. The van der Waals surface area contributed by atoms with Crippen LogP contribution < -0.4 is 5.32 Å². The molecule has 24 heavy (non-hydrogen) atoms. The van der Waals surface area contributed by atoms with Gasteiger partial charge in [0.15, 0.2) is 0 Å². The lowest BCUT2D eigenvalue weighted by molar-refractivity contribution is 0.498. The number of benzene rings is 1. The van der Waals surface area contributed by atoms with Crippen LogP contribution in [0.3, 0.4) is 0 Å². The van der Waals surface area contributed by atoms with E-state index in [0.717, 1.165) is 32.6 Å². The fourth-order valence-electron chi connectivity index (χ4n) is 2.28. The molecule has 3 aromatic rings. The predicted molar refractivity (Wildman–Crippen MR) is 96.4 cm³/mol. The van der Waals surface area contributed by atoms with E-state index in [1.165, 1.54) is 12.6 Å². The van der Waals surface area contributed by atoms with Crippen molar-refractivity contribution in [1.29, 1.82) is 0 Å². The molecule has 0 amide bonds. The Bertz CT molecular complexity index is 970. The van der Waals surface area contributed by atoms with Gasteiger partial charge in [-0.1, -0.05) is 0 Å². The summed E-state index contributed by atoms with van der Waals surface area (Å²) in [7, 11) is -2.95. The molecule has 2 aromatic heterocycles. The Labute approximate surface area is 148 Å². The summed E-state index contributed by atoms with van der Waals surface area (Å²) < 4.78 is 28.7. The summed E-state index contributed by atoms with van der Waals surface area (Å²) in [5.41, 5.74) is 1.79. The first kappa shape index (κ1) is 17.1. The molecule has 1 aromatic carbocycles. The molecule has 6 nitrogen and oxygen atoms in total. The average molecular weight is 410 g/mol. The Kier molecular flexibility index (Phi) is 4.98. The first-order valence-corrected chi connectivity index (χ1v) is 10.2. The summed E-state index contributed by atoms with van der Waals surface area (Å²) in [5.74, 6) is 1.61. The van der Waals surface area contributed by atoms with Gasteiger partial charge in [0.1, 0.15) is 32.3 Å². The molecule has 126 valence electrons. The van der Waals surface area contributed by atoms with Gasteiger partial charge >= 0.3 is 0 Å². The SMILES string of the molecule is CS(=O)(=O)CCNCc1ccc(-c2ccc3ncnc(Br)c3c2)o1. The van der Waals surface area contributed by atoms with Crippen LogP contribution in [0.4, 0.5) is 0 Å². The lowest BCUT2D eigenvalue weighted by Gasteiger charge is -2.03. The number of furan rings is 1. The third-order valence-corrected chi connectivity index (χ3v) is 5.06. The number of fused-ring (bicyclic) bond motifs is 1. The van der Waals surface area contributed by atoms with Crippen LogP contribution in [0.1, 0.15) is 5.76 Å². The van der Waals surface area contributed by atoms with E-state index in [2.05, 4.69) is 31.2 Å². The molecule has 0 aliphatic rings. The van der Waals surface area contributed by atoms with E-state index in [-0.39, 0.29) is 5.75 Å². The molecule has 8 heteroatoms. The molecule has 0 spiro atoms. The number of sulfone groups is 1. The highest BCUT2D eigenvalue weighted by molar-refractivity contribution is 9.10. The summed E-state index contributed by atoms with van der Waals surface area (Å²) in [6, 6.07) is 9.61. The number of aromatic nitrogens is 2. The Balaban J connectivity index is 1.72. The van der Waals surface area contributed by atoms with Crippen LogP contribution in [0.2, 0.25) is 0 Å². The minimum atomic E-state index is -2.95. The maximum absolute atomic E-state index is 11.1. The molecule has 3 rings (SSSR count). The van der Waals surface area contributed by atoms with Crippen molar-refractivity contribution in [3.8, 4) is 11.3 Å². The van der Waals surface area contributed by atoms with Crippen LogP contribution >= 0.6 is 15.9 Å². The topological polar surface area (TPSA) is 85.1 Å². The predicted octanol–water partition coefficient (Wildman–Crippen LogP) is 2.79. The van der Waals surface area contributed by atoms with Crippen LogP contribution in [0.5, 0.6) is 0 Å². The van der Waals surface area contributed by atoms with Gasteiger partial charge in [-0.15, -0.1) is 0 Å². The Hall–Kier alpha value is -1.77. The zero-order chi connectivity index (χ0) is 17.2. The van der Waals surface area contributed by atoms with Gasteiger partial charge in [0.2, 0.25) is 0 Å². The fourth-order valence-corrected chi connectivity index (χ4v) is 3.20. The van der Waals surface area contributed by atoms with Crippen LogP contribution in [0, 0.1) is 0 Å². The van der Waals surface area contributed by atoms with Crippen molar-refractivity contribution >= 4 is 36.7 Å². The molecular formula is C16H16BrN3O3S. The van der Waals surface area contributed by atoms with Crippen molar-refractivity contribution in [2.24, 2.45) is 0 Å². The van der Waals surface area contributed by atoms with Crippen molar-refractivity contribution in [3.05, 3.63) is 47.0 Å². The molecule has 0 atom stereocenters. The van der Waals surface area contributed by atoms with E-state index >= 15 is 0 Å². The van der Waals surface area contributed by atoms with Crippen molar-refractivity contribution in [2.75, 3.05) is 18.6 Å². The van der Waals surface area contributed by atoms with E-state index in [4.69, 9.17) is 4.42 Å². The second-order valence-electron chi connectivity index (χ2n) is 5.47. The summed E-state index contributed by atoms with van der Waals surface area (Å²) in [4.78, 5) is 8.35. The van der Waals surface area contributed by atoms with Gasteiger partial charge in [-0.3, -0.25) is 0 Å². The smallest absolute Gasteiger partial charge is 0.148 e. The van der Waals surface area contributed by atoms with E-state index in [1.807, 2.05) is 30.3 Å². The maximum atomic E-state index is 11.1. The zero-order valence-electron chi connectivity index (χ0n) is 13.0. The molecule has 1 N–H and O–H groups in total. The monoisotopic (exact) mass is 409 g/mol. The molecule has 0 fully saturated rings. The number of rotatable bonds is 6. The highest BCUT2D eigenvalue weighted by Crippen LogP contribution is 2.28. The van der Waals surface area contributed by atoms with Crippen LogP contribution in [0.15, 0.2) is 45.7 Å². The number of nitrogens with zero attached hydrogens (tertiary/aromatic N) is 2. The Morgan fingerprint density at radius 1 is 1.21 bits per heavy atom. The lowest BCUT2D eigenvalue weighted by Crippen LogP contribution is -2.21. The molecule has 2 heterocycles. The number of hydrogen-bond acceptors (Lipinski definition) is 6. The van der Waals surface area contributed by atoms with Gasteiger partial charge in [0.25, 0.3) is 0 Å². The second-order valence-corrected chi connectivity index (χ2v) is 8.48. The van der Waals surface area contributed by atoms with Gasteiger partial charge in [0.05, 0.1) is 17.8 Å². The van der Waals surface area contributed by atoms with Crippen LogP contribution in [-0.4, -0.2) is 36.9 Å². The van der Waals surface area contributed by atoms with E-state index < -0.39 is 9.84 Å². The van der Waals surface area contributed by atoms with Gasteiger partial charge in [-0.2, -0.15) is 0 Å². The van der Waals surface area contributed by atoms with Crippen LogP contribution in [0.25, 0.3) is 22.2 Å². The minimum absolute atomic E-state index is 0.110. The lowest BCUT2D eigenvalue weighted by atomic mass is 10.1. The summed E-state index contributed by atoms with van der Waals surface area (Å²) in [5, 5.41) is 3.98. The number of halogens is 1. The van der Waals surface area contributed by atoms with Crippen molar-refractivity contribution < 1.29 is 12.8 Å². The zero-order valence-corrected chi connectivity index (χ0v) is 15.4. The Morgan fingerprint density at radius 3 is 2.83 bits per heavy atom. The molecule has 0 saturated heterocycles. The highest BCUT2D eigenvalue weighted by Gasteiger charge is 2.08. The molecular weight excluding hydrogens is 394 g/mol. The van der Waals surface area contributed by atoms with Crippen molar-refractivity contribution in [3.63, 3.8) is 0 Å². The standard InChI is InChI=1S/C16H16BrN3O3S/c1-24(21,22)7-6-18-9-12-3-5-15(23-12)11-2-4-14-13(8-11)16(17)20-10-19-14/h2-5,8,10,18H,6-7,9H2,1H3. The third kappa shape index (κ3) is 4.19. The molecule has 0 saturated carbocycles. The van der Waals surface area contributed by atoms with Gasteiger partial charge in [-0.25, -0.2) is 18.4 Å². The van der Waals surface area contributed by atoms with Crippen LogP contribution in [-0.2, 0) is 16.4 Å². The van der Waals surface area contributed by atoms with Gasteiger partial charge in [0, 0.05) is 23.8 Å². The quantitative estimate of drug-likeness (QED) is 0.497. The molecule has 0 aliphatic heterocycles. The normalized spacial score (nSPS) is 11.9. The maximum Gasteiger partial charge on any atom is 0.148 e. The number of hydrogen-bond donors (Lipinski definition) is 1. The first-order chi connectivity index (χ1) is 11.4. The Morgan fingerprint density at radius 2 is 2.04 bits per heavy atom. The van der Waals surface area contributed by atoms with E-state index in [9.17, 15) is 8.42 Å². The fraction of sp³-hybridized carbons (Fsp3) is 0.250. The first-order valence-electron chi connectivity index (χ1n) is 7.30. The number of nitrogens with one attached hydrogen (secondary N) is 1. The van der Waals surface area contributed by atoms with E-state index in [1.54, 1.807) is 0 Å². The van der Waals surface area contributed by atoms with Crippen molar-refractivity contribution in [2.45, 2.75) is 6.54 Å². The van der Waals surface area contributed by atoms with E-state index in [0.29, 0.717) is 13.1 Å².